The van der Waals surface area contributed by atoms with Crippen LogP contribution in [0.2, 0.25) is 0 Å². The van der Waals surface area contributed by atoms with Gasteiger partial charge in [0.1, 0.15) is 0 Å². The number of benzene rings is 1. The molecule has 1 amide bonds. The van der Waals surface area contributed by atoms with Gasteiger partial charge in [-0.05, 0) is 37.1 Å². The minimum atomic E-state index is -0.925. The van der Waals surface area contributed by atoms with Gasteiger partial charge in [-0.2, -0.15) is 0 Å². The van der Waals surface area contributed by atoms with Crippen molar-refractivity contribution in [3.05, 3.63) is 33.8 Å². The Morgan fingerprint density at radius 2 is 2.29 bits per heavy atom. The van der Waals surface area contributed by atoms with Gasteiger partial charge in [-0.25, -0.2) is 4.79 Å². The average molecular weight is 353 g/mol. The topological polar surface area (TPSA) is 69.6 Å². The van der Waals surface area contributed by atoms with Crippen LogP contribution >= 0.6 is 15.9 Å². The Morgan fingerprint density at radius 1 is 1.48 bits per heavy atom. The van der Waals surface area contributed by atoms with Crippen LogP contribution in [0.3, 0.4) is 0 Å². The molecule has 2 atom stereocenters. The third-order valence-electron chi connectivity index (χ3n) is 4.39. The van der Waals surface area contributed by atoms with E-state index < -0.39 is 5.97 Å². The summed E-state index contributed by atoms with van der Waals surface area (Å²) >= 11 is 3.45. The van der Waals surface area contributed by atoms with Crippen LogP contribution in [-0.4, -0.2) is 41.0 Å². The minimum Gasteiger partial charge on any atom is -0.478 e. The fourth-order valence-corrected chi connectivity index (χ4v) is 3.77. The van der Waals surface area contributed by atoms with Crippen LogP contribution in [0.15, 0.2) is 22.7 Å². The van der Waals surface area contributed by atoms with E-state index in [-0.39, 0.29) is 23.4 Å². The summed E-state index contributed by atoms with van der Waals surface area (Å²) in [4.78, 5) is 25.1. The second-order valence-corrected chi connectivity index (χ2v) is 6.50. The maximum atomic E-state index is 11.8. The number of amides is 1. The van der Waals surface area contributed by atoms with E-state index in [0.717, 1.165) is 36.0 Å². The average Bonchev–Trinajstić information content (AvgIpc) is 2.84. The van der Waals surface area contributed by atoms with E-state index in [1.165, 1.54) is 0 Å². The second-order valence-electron chi connectivity index (χ2n) is 5.64. The number of likely N-dealkylation sites (tertiary alicyclic amines) is 1. The zero-order valence-corrected chi connectivity index (χ0v) is 13.1. The first kappa shape index (κ1) is 14.5. The molecular weight excluding hydrogens is 336 g/mol. The van der Waals surface area contributed by atoms with Gasteiger partial charge in [-0.15, -0.1) is 0 Å². The van der Waals surface area contributed by atoms with Crippen LogP contribution in [0.5, 0.6) is 0 Å². The van der Waals surface area contributed by atoms with Crippen LogP contribution in [-0.2, 0) is 11.3 Å². The lowest BCUT2D eigenvalue weighted by atomic mass is 9.91. The Morgan fingerprint density at radius 3 is 3.00 bits per heavy atom. The highest BCUT2D eigenvalue weighted by Gasteiger charge is 2.40. The fraction of sp³-hybridized carbons (Fsp3) is 0.467. The van der Waals surface area contributed by atoms with Crippen molar-refractivity contribution in [3.63, 3.8) is 0 Å². The number of carboxylic acids is 1. The SMILES string of the molecule is O=C(O)c1ccc(CN2CCCC3C(=O)NCC32)c(Br)c1. The van der Waals surface area contributed by atoms with Gasteiger partial charge in [0.2, 0.25) is 5.91 Å². The third-order valence-corrected chi connectivity index (χ3v) is 5.13. The monoisotopic (exact) mass is 352 g/mol. The molecule has 0 radical (unpaired) electrons. The van der Waals surface area contributed by atoms with Gasteiger partial charge in [-0.1, -0.05) is 22.0 Å². The number of hydrogen-bond acceptors (Lipinski definition) is 3. The van der Waals surface area contributed by atoms with Gasteiger partial charge in [0.25, 0.3) is 0 Å². The highest BCUT2D eigenvalue weighted by molar-refractivity contribution is 9.10. The molecule has 2 aliphatic heterocycles. The summed E-state index contributed by atoms with van der Waals surface area (Å²) in [6.07, 6.45) is 1.99. The number of nitrogens with zero attached hydrogens (tertiary/aromatic N) is 1. The smallest absolute Gasteiger partial charge is 0.335 e. The van der Waals surface area contributed by atoms with E-state index in [9.17, 15) is 9.59 Å². The first-order valence-electron chi connectivity index (χ1n) is 7.10. The molecule has 2 unspecified atom stereocenters. The number of carbonyl (C=O) groups is 2. The number of aromatic carboxylic acids is 1. The van der Waals surface area contributed by atoms with Crippen molar-refractivity contribution in [2.24, 2.45) is 5.92 Å². The number of fused-ring (bicyclic) bond motifs is 1. The Kier molecular flexibility index (Phi) is 3.99. The van der Waals surface area contributed by atoms with E-state index in [1.54, 1.807) is 12.1 Å². The normalized spacial score (nSPS) is 25.5. The molecule has 2 N–H and O–H groups in total. The molecule has 5 nitrogen and oxygen atoms in total. The van der Waals surface area contributed by atoms with Gasteiger partial charge in [0.05, 0.1) is 11.5 Å². The lowest BCUT2D eigenvalue weighted by molar-refractivity contribution is -0.124. The van der Waals surface area contributed by atoms with Gasteiger partial charge < -0.3 is 10.4 Å². The van der Waals surface area contributed by atoms with Gasteiger partial charge >= 0.3 is 5.97 Å². The molecule has 1 aromatic carbocycles. The Hall–Kier alpha value is -1.40. The Balaban J connectivity index is 1.77. The summed E-state index contributed by atoms with van der Waals surface area (Å²) in [6, 6.07) is 5.37. The molecular formula is C15H17BrN2O3. The predicted molar refractivity (Wildman–Crippen MR) is 81.0 cm³/mol. The molecule has 0 aromatic heterocycles. The van der Waals surface area contributed by atoms with Crippen LogP contribution in [0, 0.1) is 5.92 Å². The standard InChI is InChI=1S/C15H17BrN2O3/c16-12-6-9(15(20)21)3-4-10(12)8-18-5-1-2-11-13(18)7-17-14(11)19/h3-4,6,11,13H,1-2,5,7-8H2,(H,17,19)(H,20,21). The molecule has 112 valence electrons. The van der Waals surface area contributed by atoms with Crippen LogP contribution in [0.25, 0.3) is 0 Å². The zero-order chi connectivity index (χ0) is 15.0. The molecule has 0 bridgehead atoms. The Bertz CT molecular complexity index is 590. The number of rotatable bonds is 3. The van der Waals surface area contributed by atoms with Gasteiger partial charge in [0.15, 0.2) is 0 Å². The van der Waals surface area contributed by atoms with Crippen LogP contribution in [0.1, 0.15) is 28.8 Å². The molecule has 2 aliphatic rings. The number of nitrogens with one attached hydrogen (secondary N) is 1. The molecule has 2 saturated heterocycles. The lowest BCUT2D eigenvalue weighted by Gasteiger charge is -2.36. The molecule has 0 aliphatic carbocycles. The summed E-state index contributed by atoms with van der Waals surface area (Å²) in [5.41, 5.74) is 1.33. The van der Waals surface area contributed by atoms with Crippen LogP contribution in [0.4, 0.5) is 0 Å². The van der Waals surface area contributed by atoms with Crippen molar-refractivity contribution in [1.82, 2.24) is 10.2 Å². The van der Waals surface area contributed by atoms with Crippen molar-refractivity contribution in [2.75, 3.05) is 13.1 Å². The zero-order valence-electron chi connectivity index (χ0n) is 11.5. The third kappa shape index (κ3) is 2.82. The summed E-state index contributed by atoms with van der Waals surface area (Å²) in [5.74, 6) is -0.647. The molecule has 2 fully saturated rings. The van der Waals surface area contributed by atoms with E-state index in [2.05, 4.69) is 26.1 Å². The summed E-state index contributed by atoms with van der Waals surface area (Å²) in [6.45, 7) is 2.42. The molecule has 1 aromatic rings. The first-order chi connectivity index (χ1) is 10.1. The minimum absolute atomic E-state index is 0.107. The van der Waals surface area contributed by atoms with Crippen molar-refractivity contribution in [1.29, 1.82) is 0 Å². The van der Waals surface area contributed by atoms with Crippen molar-refractivity contribution < 1.29 is 14.7 Å². The molecule has 21 heavy (non-hydrogen) atoms. The van der Waals surface area contributed by atoms with Crippen molar-refractivity contribution in [2.45, 2.75) is 25.4 Å². The molecule has 6 heteroatoms. The number of hydrogen-bond donors (Lipinski definition) is 2. The van der Waals surface area contributed by atoms with Gasteiger partial charge in [0, 0.05) is 23.6 Å². The Labute approximate surface area is 131 Å². The summed E-state index contributed by atoms with van der Waals surface area (Å²) in [5, 5.41) is 11.9. The van der Waals surface area contributed by atoms with Crippen molar-refractivity contribution in [3.8, 4) is 0 Å². The highest BCUT2D eigenvalue weighted by atomic mass is 79.9. The molecule has 0 saturated carbocycles. The summed E-state index contributed by atoms with van der Waals surface area (Å²) in [7, 11) is 0. The molecule has 2 heterocycles. The van der Waals surface area contributed by atoms with E-state index >= 15 is 0 Å². The lowest BCUT2D eigenvalue weighted by Crippen LogP contribution is -2.44. The van der Waals surface area contributed by atoms with Crippen LogP contribution < -0.4 is 5.32 Å². The first-order valence-corrected chi connectivity index (χ1v) is 7.89. The fourth-order valence-electron chi connectivity index (χ4n) is 3.26. The van der Waals surface area contributed by atoms with E-state index in [0.29, 0.717) is 6.54 Å². The largest absolute Gasteiger partial charge is 0.478 e. The van der Waals surface area contributed by atoms with E-state index in [4.69, 9.17) is 5.11 Å². The number of piperidine rings is 1. The molecule has 0 spiro atoms. The van der Waals surface area contributed by atoms with Crippen molar-refractivity contribution >= 4 is 27.8 Å². The quantitative estimate of drug-likeness (QED) is 0.870. The molecule has 3 rings (SSSR count). The maximum absolute atomic E-state index is 11.8. The van der Waals surface area contributed by atoms with Gasteiger partial charge in [-0.3, -0.25) is 9.69 Å². The van der Waals surface area contributed by atoms with E-state index in [1.807, 2.05) is 6.07 Å². The number of carboxylic acid groups (broad SMARTS) is 1. The maximum Gasteiger partial charge on any atom is 0.335 e. The second kappa shape index (κ2) is 5.77. The highest BCUT2D eigenvalue weighted by Crippen LogP contribution is 2.30. The predicted octanol–water partition coefficient (Wildman–Crippen LogP) is 1.86. The number of carbonyl (C=O) groups excluding carboxylic acids is 1. The number of halogens is 1. The summed E-state index contributed by atoms with van der Waals surface area (Å²) < 4.78 is 0.807.